The number of rotatable bonds is 2. The summed E-state index contributed by atoms with van der Waals surface area (Å²) in [7, 11) is 1.34. The Morgan fingerprint density at radius 2 is 2.18 bits per heavy atom. The minimum absolute atomic E-state index is 0.409. The normalized spacial score (nSPS) is 10.2. The molecule has 1 aromatic carbocycles. The van der Waals surface area contributed by atoms with E-state index in [1.807, 2.05) is 13.0 Å². The van der Waals surface area contributed by atoms with E-state index in [9.17, 15) is 4.79 Å². The van der Waals surface area contributed by atoms with Crippen LogP contribution >= 0.6 is 0 Å². The summed E-state index contributed by atoms with van der Waals surface area (Å²) in [6.07, 6.45) is 1.77. The Bertz CT molecular complexity index is 561. The molecule has 1 aromatic heterocycles. The number of benzene rings is 1. The molecular formula is C12H13N3O2. The van der Waals surface area contributed by atoms with E-state index in [4.69, 9.17) is 10.5 Å². The van der Waals surface area contributed by atoms with Crippen molar-refractivity contribution in [3.63, 3.8) is 0 Å². The lowest BCUT2D eigenvalue weighted by molar-refractivity contribution is 0.0600. The molecule has 0 radical (unpaired) electrons. The number of nitrogens with two attached hydrogens (primary N) is 1. The van der Waals surface area contributed by atoms with Gasteiger partial charge in [-0.1, -0.05) is 0 Å². The number of carbonyl (C=O) groups excluding carboxylic acids is 1. The Balaban J connectivity index is 2.58. The predicted molar refractivity (Wildman–Crippen MR) is 64.1 cm³/mol. The van der Waals surface area contributed by atoms with E-state index in [-0.39, 0.29) is 0 Å². The smallest absolute Gasteiger partial charge is 0.340 e. The third-order valence-corrected chi connectivity index (χ3v) is 2.40. The van der Waals surface area contributed by atoms with Gasteiger partial charge in [-0.25, -0.2) is 9.48 Å². The van der Waals surface area contributed by atoms with E-state index >= 15 is 0 Å². The van der Waals surface area contributed by atoms with Crippen molar-refractivity contribution >= 4 is 11.7 Å². The van der Waals surface area contributed by atoms with Crippen LogP contribution in [0.2, 0.25) is 0 Å². The standard InChI is InChI=1S/C12H13N3O2/c1-8-5-6-15(14-8)11-7-9(13)3-4-10(11)12(16)17-2/h3-7H,13H2,1-2H3. The number of nitrogens with zero attached hydrogens (tertiary/aromatic N) is 2. The number of esters is 1. The van der Waals surface area contributed by atoms with Gasteiger partial charge in [0.05, 0.1) is 24.1 Å². The summed E-state index contributed by atoms with van der Waals surface area (Å²) in [5, 5.41) is 4.25. The number of ether oxygens (including phenoxy) is 1. The molecule has 0 atom stereocenters. The second-order valence-corrected chi connectivity index (χ2v) is 3.67. The van der Waals surface area contributed by atoms with Gasteiger partial charge in [0, 0.05) is 11.9 Å². The summed E-state index contributed by atoms with van der Waals surface area (Å²) < 4.78 is 6.33. The van der Waals surface area contributed by atoms with Crippen molar-refractivity contribution in [1.29, 1.82) is 0 Å². The van der Waals surface area contributed by atoms with Crippen LogP contribution in [0.15, 0.2) is 30.5 Å². The lowest BCUT2D eigenvalue weighted by Gasteiger charge is -2.08. The first-order valence-corrected chi connectivity index (χ1v) is 5.12. The largest absolute Gasteiger partial charge is 0.465 e. The van der Waals surface area contributed by atoms with E-state index in [1.165, 1.54) is 7.11 Å². The molecule has 0 saturated heterocycles. The first-order valence-electron chi connectivity index (χ1n) is 5.12. The Morgan fingerprint density at radius 1 is 1.41 bits per heavy atom. The molecule has 0 spiro atoms. The van der Waals surface area contributed by atoms with Gasteiger partial charge in [0.25, 0.3) is 0 Å². The van der Waals surface area contributed by atoms with Gasteiger partial charge in [0.1, 0.15) is 0 Å². The minimum atomic E-state index is -0.409. The van der Waals surface area contributed by atoms with E-state index in [1.54, 1.807) is 29.1 Å². The highest BCUT2D eigenvalue weighted by molar-refractivity contribution is 5.94. The molecule has 0 aliphatic rings. The third-order valence-electron chi connectivity index (χ3n) is 2.40. The van der Waals surface area contributed by atoms with Crippen LogP contribution in [0.25, 0.3) is 5.69 Å². The lowest BCUT2D eigenvalue weighted by Crippen LogP contribution is -2.09. The van der Waals surface area contributed by atoms with Gasteiger partial charge in [0.15, 0.2) is 0 Å². The number of nitrogen functional groups attached to an aromatic ring is 1. The van der Waals surface area contributed by atoms with Gasteiger partial charge in [-0.05, 0) is 31.2 Å². The molecule has 0 fully saturated rings. The molecule has 0 saturated carbocycles. The number of hydrogen-bond acceptors (Lipinski definition) is 4. The Kier molecular flexibility index (Phi) is 2.82. The van der Waals surface area contributed by atoms with Crippen molar-refractivity contribution in [2.24, 2.45) is 0 Å². The molecular weight excluding hydrogens is 218 g/mol. The van der Waals surface area contributed by atoms with Gasteiger partial charge in [0.2, 0.25) is 0 Å². The van der Waals surface area contributed by atoms with Crippen molar-refractivity contribution < 1.29 is 9.53 Å². The molecule has 0 amide bonds. The van der Waals surface area contributed by atoms with Gasteiger partial charge >= 0.3 is 5.97 Å². The molecule has 1 heterocycles. The molecule has 0 bridgehead atoms. The third kappa shape index (κ3) is 2.13. The van der Waals surface area contributed by atoms with E-state index in [0.29, 0.717) is 16.9 Å². The summed E-state index contributed by atoms with van der Waals surface area (Å²) in [4.78, 5) is 11.6. The molecule has 2 rings (SSSR count). The fraction of sp³-hybridized carbons (Fsp3) is 0.167. The number of aromatic nitrogens is 2. The summed E-state index contributed by atoms with van der Waals surface area (Å²) in [5.74, 6) is -0.409. The van der Waals surface area contributed by atoms with Crippen molar-refractivity contribution in [3.8, 4) is 5.69 Å². The van der Waals surface area contributed by atoms with Crippen LogP contribution in [0.5, 0.6) is 0 Å². The number of anilines is 1. The molecule has 5 nitrogen and oxygen atoms in total. The number of hydrogen-bond donors (Lipinski definition) is 1. The highest BCUT2D eigenvalue weighted by Gasteiger charge is 2.14. The highest BCUT2D eigenvalue weighted by Crippen LogP contribution is 2.18. The number of aryl methyl sites for hydroxylation is 1. The van der Waals surface area contributed by atoms with E-state index in [0.717, 1.165) is 5.69 Å². The van der Waals surface area contributed by atoms with Gasteiger partial charge in [-0.2, -0.15) is 5.10 Å². The van der Waals surface area contributed by atoms with E-state index < -0.39 is 5.97 Å². The molecule has 2 N–H and O–H groups in total. The quantitative estimate of drug-likeness (QED) is 0.628. The zero-order chi connectivity index (χ0) is 12.4. The first kappa shape index (κ1) is 11.2. The topological polar surface area (TPSA) is 70.1 Å². The van der Waals surface area contributed by atoms with Gasteiger partial charge in [-0.15, -0.1) is 0 Å². The number of methoxy groups -OCH3 is 1. The molecule has 0 unspecified atom stereocenters. The molecule has 2 aromatic rings. The monoisotopic (exact) mass is 231 g/mol. The summed E-state index contributed by atoms with van der Waals surface area (Å²) >= 11 is 0. The Morgan fingerprint density at radius 3 is 2.76 bits per heavy atom. The van der Waals surface area contributed by atoms with Crippen LogP contribution in [0, 0.1) is 6.92 Å². The second-order valence-electron chi connectivity index (χ2n) is 3.67. The molecule has 17 heavy (non-hydrogen) atoms. The fourth-order valence-corrected chi connectivity index (χ4v) is 1.57. The Hall–Kier alpha value is -2.30. The molecule has 0 aliphatic carbocycles. The van der Waals surface area contributed by atoms with Gasteiger partial charge in [-0.3, -0.25) is 0 Å². The van der Waals surface area contributed by atoms with Crippen LogP contribution in [-0.2, 0) is 4.74 Å². The Labute approximate surface area is 98.8 Å². The average Bonchev–Trinajstić information content (AvgIpc) is 2.75. The van der Waals surface area contributed by atoms with Crippen LogP contribution in [0.3, 0.4) is 0 Å². The predicted octanol–water partition coefficient (Wildman–Crippen LogP) is 1.55. The zero-order valence-corrected chi connectivity index (χ0v) is 9.68. The summed E-state index contributed by atoms with van der Waals surface area (Å²) in [6.45, 7) is 1.88. The molecule has 0 aliphatic heterocycles. The zero-order valence-electron chi connectivity index (χ0n) is 9.68. The van der Waals surface area contributed by atoms with Crippen LogP contribution < -0.4 is 5.73 Å². The maximum Gasteiger partial charge on any atom is 0.340 e. The SMILES string of the molecule is COC(=O)c1ccc(N)cc1-n1ccc(C)n1. The second kappa shape index (κ2) is 4.29. The first-order chi connectivity index (χ1) is 8.11. The van der Waals surface area contributed by atoms with Crippen molar-refractivity contribution in [2.45, 2.75) is 6.92 Å². The summed E-state index contributed by atoms with van der Waals surface area (Å²) in [6, 6.07) is 6.84. The molecule has 88 valence electrons. The average molecular weight is 231 g/mol. The maximum atomic E-state index is 11.6. The van der Waals surface area contributed by atoms with E-state index in [2.05, 4.69) is 5.10 Å². The highest BCUT2D eigenvalue weighted by atomic mass is 16.5. The maximum absolute atomic E-state index is 11.6. The minimum Gasteiger partial charge on any atom is -0.465 e. The van der Waals surface area contributed by atoms with Crippen LogP contribution in [0.1, 0.15) is 16.1 Å². The van der Waals surface area contributed by atoms with Crippen molar-refractivity contribution in [2.75, 3.05) is 12.8 Å². The van der Waals surface area contributed by atoms with Crippen molar-refractivity contribution in [3.05, 3.63) is 41.7 Å². The summed E-state index contributed by atoms with van der Waals surface area (Å²) in [5.41, 5.74) is 8.21. The fourth-order valence-electron chi connectivity index (χ4n) is 1.57. The van der Waals surface area contributed by atoms with Crippen LogP contribution in [0.4, 0.5) is 5.69 Å². The van der Waals surface area contributed by atoms with Crippen LogP contribution in [-0.4, -0.2) is 22.9 Å². The molecule has 5 heteroatoms. The van der Waals surface area contributed by atoms with Gasteiger partial charge < -0.3 is 10.5 Å². The van der Waals surface area contributed by atoms with Crippen molar-refractivity contribution in [1.82, 2.24) is 9.78 Å². The number of carbonyl (C=O) groups is 1. The lowest BCUT2D eigenvalue weighted by atomic mass is 10.1.